The highest BCUT2D eigenvalue weighted by Gasteiger charge is 1.93. The molecule has 0 atom stereocenters. The van der Waals surface area contributed by atoms with Gasteiger partial charge >= 0.3 is 0 Å². The number of hydrogen-bond donors (Lipinski definition) is 0. The Morgan fingerprint density at radius 2 is 1.33 bits per heavy atom. The lowest BCUT2D eigenvalue weighted by Crippen LogP contribution is -1.80. The van der Waals surface area contributed by atoms with E-state index in [1.807, 2.05) is 36.4 Å². The molecule has 0 aliphatic rings. The summed E-state index contributed by atoms with van der Waals surface area (Å²) in [6.45, 7) is 2.18. The van der Waals surface area contributed by atoms with Crippen LogP contribution >= 0.6 is 15.9 Å². The summed E-state index contributed by atoms with van der Waals surface area (Å²) in [7, 11) is 0. The van der Waals surface area contributed by atoms with Crippen molar-refractivity contribution < 1.29 is 0 Å². The van der Waals surface area contributed by atoms with E-state index in [0.717, 1.165) is 22.3 Å². The molecule has 0 saturated heterocycles. The van der Waals surface area contributed by atoms with E-state index in [4.69, 9.17) is 0 Å². The lowest BCUT2D eigenvalue weighted by molar-refractivity contribution is 0.922. The molecule has 92 valence electrons. The van der Waals surface area contributed by atoms with Gasteiger partial charge in [-0.15, -0.1) is 0 Å². The second-order valence-corrected chi connectivity index (χ2v) is 5.01. The molecule has 2 aromatic carbocycles. The van der Waals surface area contributed by atoms with Crippen molar-refractivity contribution >= 4 is 27.3 Å². The summed E-state index contributed by atoms with van der Waals surface area (Å²) >= 11 is 3.39. The van der Waals surface area contributed by atoms with Gasteiger partial charge in [-0.2, -0.15) is 10.2 Å². The zero-order chi connectivity index (χ0) is 12.8. The molecule has 18 heavy (non-hydrogen) atoms. The molecule has 0 radical (unpaired) electrons. The molecule has 0 unspecified atom stereocenters. The van der Waals surface area contributed by atoms with Crippen LogP contribution in [0.4, 0.5) is 11.4 Å². The standard InChI is InChI=1S/C15H15BrN2/c1-2-3-12-4-8-14(9-5-12)17-18-15-10-6-13(16)7-11-15/h4-11H,2-3H2,1H3. The normalized spacial score (nSPS) is 11.0. The molecular formula is C15H15BrN2. The van der Waals surface area contributed by atoms with Crippen LogP contribution in [0.2, 0.25) is 0 Å². The molecule has 0 heterocycles. The van der Waals surface area contributed by atoms with Gasteiger partial charge in [-0.3, -0.25) is 0 Å². The van der Waals surface area contributed by atoms with Crippen LogP contribution in [-0.2, 0) is 6.42 Å². The lowest BCUT2D eigenvalue weighted by Gasteiger charge is -1.98. The molecule has 0 spiro atoms. The average molecular weight is 303 g/mol. The number of rotatable bonds is 4. The van der Waals surface area contributed by atoms with Crippen LogP contribution in [0.25, 0.3) is 0 Å². The van der Waals surface area contributed by atoms with Crippen molar-refractivity contribution in [2.24, 2.45) is 10.2 Å². The summed E-state index contributed by atoms with van der Waals surface area (Å²) in [6.07, 6.45) is 2.28. The zero-order valence-corrected chi connectivity index (χ0v) is 11.9. The maximum atomic E-state index is 4.22. The van der Waals surface area contributed by atoms with Gasteiger partial charge in [0.25, 0.3) is 0 Å². The second-order valence-electron chi connectivity index (χ2n) is 4.09. The van der Waals surface area contributed by atoms with E-state index in [0.29, 0.717) is 0 Å². The van der Waals surface area contributed by atoms with E-state index >= 15 is 0 Å². The highest BCUT2D eigenvalue weighted by atomic mass is 79.9. The van der Waals surface area contributed by atoms with Gasteiger partial charge in [0.1, 0.15) is 0 Å². The minimum Gasteiger partial charge on any atom is -0.151 e. The quantitative estimate of drug-likeness (QED) is 0.636. The summed E-state index contributed by atoms with van der Waals surface area (Å²) in [5, 5.41) is 8.41. The molecule has 0 aliphatic carbocycles. The van der Waals surface area contributed by atoms with Crippen molar-refractivity contribution in [3.63, 3.8) is 0 Å². The molecule has 0 aromatic heterocycles. The van der Waals surface area contributed by atoms with Crippen LogP contribution in [0, 0.1) is 0 Å². The molecule has 0 bridgehead atoms. The Labute approximate surface area is 116 Å². The predicted molar refractivity (Wildman–Crippen MR) is 78.8 cm³/mol. The molecule has 3 heteroatoms. The predicted octanol–water partition coefficient (Wildman–Crippen LogP) is 5.82. The van der Waals surface area contributed by atoms with E-state index in [-0.39, 0.29) is 0 Å². The monoisotopic (exact) mass is 302 g/mol. The fourth-order valence-electron chi connectivity index (χ4n) is 1.64. The Morgan fingerprint density at radius 1 is 0.833 bits per heavy atom. The van der Waals surface area contributed by atoms with E-state index in [1.54, 1.807) is 0 Å². The average Bonchev–Trinajstić information content (AvgIpc) is 2.40. The van der Waals surface area contributed by atoms with Gasteiger partial charge in [-0.1, -0.05) is 41.4 Å². The Balaban J connectivity index is 2.06. The third-order valence-corrected chi connectivity index (χ3v) is 3.11. The molecule has 0 fully saturated rings. The maximum Gasteiger partial charge on any atom is 0.0857 e. The van der Waals surface area contributed by atoms with Gasteiger partial charge in [0.2, 0.25) is 0 Å². The van der Waals surface area contributed by atoms with Crippen LogP contribution < -0.4 is 0 Å². The van der Waals surface area contributed by atoms with Crippen molar-refractivity contribution in [2.75, 3.05) is 0 Å². The van der Waals surface area contributed by atoms with Crippen LogP contribution in [0.1, 0.15) is 18.9 Å². The van der Waals surface area contributed by atoms with Crippen molar-refractivity contribution in [3.05, 3.63) is 58.6 Å². The fraction of sp³-hybridized carbons (Fsp3) is 0.200. The van der Waals surface area contributed by atoms with Gasteiger partial charge < -0.3 is 0 Å². The Bertz CT molecular complexity index is 515. The topological polar surface area (TPSA) is 24.7 Å². The van der Waals surface area contributed by atoms with E-state index in [1.165, 1.54) is 12.0 Å². The lowest BCUT2D eigenvalue weighted by atomic mass is 10.1. The maximum absolute atomic E-state index is 4.22. The molecule has 0 aliphatic heterocycles. The van der Waals surface area contributed by atoms with Crippen molar-refractivity contribution in [1.82, 2.24) is 0 Å². The number of nitrogens with zero attached hydrogens (tertiary/aromatic N) is 2. The van der Waals surface area contributed by atoms with E-state index in [2.05, 4.69) is 45.2 Å². The fourth-order valence-corrected chi connectivity index (χ4v) is 1.91. The first kappa shape index (κ1) is 13.0. The molecule has 0 amide bonds. The molecule has 2 nitrogen and oxygen atoms in total. The second kappa shape index (κ2) is 6.45. The van der Waals surface area contributed by atoms with Crippen LogP contribution in [0.15, 0.2) is 63.2 Å². The molecule has 0 N–H and O–H groups in total. The number of hydrogen-bond acceptors (Lipinski definition) is 2. The van der Waals surface area contributed by atoms with E-state index < -0.39 is 0 Å². The number of azo groups is 1. The third kappa shape index (κ3) is 3.77. The minimum absolute atomic E-state index is 0.857. The highest BCUT2D eigenvalue weighted by molar-refractivity contribution is 9.10. The minimum atomic E-state index is 0.857. The van der Waals surface area contributed by atoms with Gasteiger partial charge in [0, 0.05) is 4.47 Å². The molecule has 2 aromatic rings. The number of aryl methyl sites for hydroxylation is 1. The first-order chi connectivity index (χ1) is 8.78. The van der Waals surface area contributed by atoms with Gasteiger partial charge in [-0.05, 0) is 48.4 Å². The van der Waals surface area contributed by atoms with Gasteiger partial charge in [0.15, 0.2) is 0 Å². The van der Waals surface area contributed by atoms with Crippen molar-refractivity contribution in [3.8, 4) is 0 Å². The van der Waals surface area contributed by atoms with Gasteiger partial charge in [-0.25, -0.2) is 0 Å². The SMILES string of the molecule is CCCc1ccc(N=Nc2ccc(Br)cc2)cc1. The summed E-state index contributed by atoms with van der Waals surface area (Å²) in [5.74, 6) is 0. The van der Waals surface area contributed by atoms with Gasteiger partial charge in [0.05, 0.1) is 11.4 Å². The smallest absolute Gasteiger partial charge is 0.0857 e. The molecule has 2 rings (SSSR count). The molecular weight excluding hydrogens is 288 g/mol. The van der Waals surface area contributed by atoms with Crippen LogP contribution in [0.3, 0.4) is 0 Å². The Hall–Kier alpha value is -1.48. The summed E-state index contributed by atoms with van der Waals surface area (Å²) in [6, 6.07) is 16.0. The summed E-state index contributed by atoms with van der Waals surface area (Å²) < 4.78 is 1.05. The first-order valence-corrected chi connectivity index (χ1v) is 6.83. The molecule has 0 saturated carbocycles. The zero-order valence-electron chi connectivity index (χ0n) is 10.3. The highest BCUT2D eigenvalue weighted by Crippen LogP contribution is 2.20. The third-order valence-electron chi connectivity index (χ3n) is 2.58. The van der Waals surface area contributed by atoms with E-state index in [9.17, 15) is 0 Å². The summed E-state index contributed by atoms with van der Waals surface area (Å²) in [4.78, 5) is 0. The first-order valence-electron chi connectivity index (χ1n) is 6.04. The summed E-state index contributed by atoms with van der Waals surface area (Å²) in [5.41, 5.74) is 3.09. The number of benzene rings is 2. The van der Waals surface area contributed by atoms with Crippen molar-refractivity contribution in [1.29, 1.82) is 0 Å². The number of halogens is 1. The largest absolute Gasteiger partial charge is 0.151 e. The Morgan fingerprint density at radius 3 is 1.83 bits per heavy atom. The Kier molecular flexibility index (Phi) is 4.65. The van der Waals surface area contributed by atoms with Crippen molar-refractivity contribution in [2.45, 2.75) is 19.8 Å². The van der Waals surface area contributed by atoms with Crippen LogP contribution in [0.5, 0.6) is 0 Å². The van der Waals surface area contributed by atoms with Crippen LogP contribution in [-0.4, -0.2) is 0 Å².